The van der Waals surface area contributed by atoms with E-state index >= 15 is 0 Å². The van der Waals surface area contributed by atoms with Gasteiger partial charge < -0.3 is 18.9 Å². The van der Waals surface area contributed by atoms with Crippen molar-refractivity contribution >= 4 is 38.9 Å². The molecule has 0 fully saturated rings. The standard InChI is InChI=1S/C45H32N2O2/c1-45(2)36-17-8-6-15-32(36)33-25-23-31(28-37(33)45)46(40-19-12-22-43-44(40)49-42-21-11-10-20-41(42)48-43)30-24-26-39-35(27-30)34-16-7-9-18-38(34)47(39)29-13-4-3-5-14-29/h3-28H,1-2H3. The molecule has 0 atom stereocenters. The van der Waals surface area contributed by atoms with Crippen LogP contribution in [0.3, 0.4) is 0 Å². The second-order valence-corrected chi connectivity index (χ2v) is 13.4. The normalized spacial score (nSPS) is 13.6. The fraction of sp³-hybridized carbons (Fsp3) is 0.0667. The average molecular weight is 633 g/mol. The Hall–Kier alpha value is -6.26. The van der Waals surface area contributed by atoms with E-state index in [4.69, 9.17) is 9.47 Å². The van der Waals surface area contributed by atoms with Gasteiger partial charge in [0, 0.05) is 33.2 Å². The predicted molar refractivity (Wildman–Crippen MR) is 200 cm³/mol. The van der Waals surface area contributed by atoms with Crippen LogP contribution in [0.15, 0.2) is 158 Å². The van der Waals surface area contributed by atoms with Crippen molar-refractivity contribution in [1.82, 2.24) is 4.57 Å². The van der Waals surface area contributed by atoms with Gasteiger partial charge >= 0.3 is 0 Å². The van der Waals surface area contributed by atoms with Crippen LogP contribution in [0.25, 0.3) is 38.6 Å². The highest BCUT2D eigenvalue weighted by Crippen LogP contribution is 2.55. The van der Waals surface area contributed by atoms with E-state index in [0.717, 1.165) is 28.3 Å². The molecule has 0 radical (unpaired) electrons. The van der Waals surface area contributed by atoms with Crippen LogP contribution in [0.1, 0.15) is 25.0 Å². The summed E-state index contributed by atoms with van der Waals surface area (Å²) in [4.78, 5) is 2.32. The Balaban J connectivity index is 1.22. The summed E-state index contributed by atoms with van der Waals surface area (Å²) < 4.78 is 15.4. The zero-order valence-corrected chi connectivity index (χ0v) is 27.2. The molecule has 4 nitrogen and oxygen atoms in total. The number of para-hydroxylation sites is 5. The molecule has 0 saturated heterocycles. The molecule has 49 heavy (non-hydrogen) atoms. The Morgan fingerprint density at radius 3 is 2.02 bits per heavy atom. The van der Waals surface area contributed by atoms with Gasteiger partial charge in [-0.1, -0.05) is 98.8 Å². The lowest BCUT2D eigenvalue weighted by molar-refractivity contribution is 0.360. The van der Waals surface area contributed by atoms with Gasteiger partial charge in [-0.05, 0) is 95.1 Å². The molecule has 2 aliphatic rings. The third-order valence-corrected chi connectivity index (χ3v) is 10.2. The van der Waals surface area contributed by atoms with Crippen LogP contribution in [0, 0.1) is 0 Å². The number of aromatic nitrogens is 1. The molecular formula is C45H32N2O2. The highest BCUT2D eigenvalue weighted by Gasteiger charge is 2.36. The van der Waals surface area contributed by atoms with Crippen molar-refractivity contribution in [2.75, 3.05) is 4.90 Å². The lowest BCUT2D eigenvalue weighted by Crippen LogP contribution is -2.17. The fourth-order valence-electron chi connectivity index (χ4n) is 7.92. The largest absolute Gasteiger partial charge is 0.449 e. The summed E-state index contributed by atoms with van der Waals surface area (Å²) in [6.07, 6.45) is 0. The summed E-state index contributed by atoms with van der Waals surface area (Å²) in [5.74, 6) is 2.80. The van der Waals surface area contributed by atoms with Crippen LogP contribution in [0.2, 0.25) is 0 Å². The van der Waals surface area contributed by atoms with Gasteiger partial charge in [-0.2, -0.15) is 0 Å². The number of benzene rings is 7. The number of hydrogen-bond acceptors (Lipinski definition) is 3. The number of nitrogens with zero attached hydrogens (tertiary/aromatic N) is 2. The van der Waals surface area contributed by atoms with E-state index in [1.807, 2.05) is 36.4 Å². The zero-order chi connectivity index (χ0) is 32.7. The summed E-state index contributed by atoms with van der Waals surface area (Å²) in [5.41, 5.74) is 11.6. The maximum Gasteiger partial charge on any atom is 0.194 e. The molecule has 0 bridgehead atoms. The molecule has 0 amide bonds. The van der Waals surface area contributed by atoms with Gasteiger partial charge in [0.05, 0.1) is 16.7 Å². The first-order valence-corrected chi connectivity index (χ1v) is 16.8. The maximum absolute atomic E-state index is 6.67. The third-order valence-electron chi connectivity index (χ3n) is 10.2. The third kappa shape index (κ3) is 4.10. The van der Waals surface area contributed by atoms with E-state index in [0.29, 0.717) is 23.0 Å². The van der Waals surface area contributed by atoms with Crippen molar-refractivity contribution < 1.29 is 9.47 Å². The van der Waals surface area contributed by atoms with E-state index in [9.17, 15) is 0 Å². The average Bonchev–Trinajstić information content (AvgIpc) is 3.59. The maximum atomic E-state index is 6.67. The highest BCUT2D eigenvalue weighted by molar-refractivity contribution is 6.10. The van der Waals surface area contributed by atoms with Crippen LogP contribution in [0.4, 0.5) is 17.1 Å². The Kier molecular flexibility index (Phi) is 5.89. The quantitative estimate of drug-likeness (QED) is 0.193. The summed E-state index contributed by atoms with van der Waals surface area (Å²) in [5, 5.41) is 2.39. The molecule has 0 N–H and O–H groups in total. The molecule has 1 aromatic heterocycles. The minimum Gasteiger partial charge on any atom is -0.449 e. The summed E-state index contributed by atoms with van der Waals surface area (Å²) in [6.45, 7) is 4.66. The first-order chi connectivity index (χ1) is 24.1. The number of fused-ring (bicyclic) bond motifs is 8. The number of hydrogen-bond donors (Lipinski definition) is 0. The SMILES string of the molecule is CC1(C)c2ccccc2-c2ccc(N(c3ccc4c(c3)c3ccccc3n4-c3ccccc3)c3cccc4c3Oc3ccccc3O4)cc21. The second-order valence-electron chi connectivity index (χ2n) is 13.4. The topological polar surface area (TPSA) is 26.6 Å². The molecule has 8 aromatic rings. The molecule has 4 heteroatoms. The van der Waals surface area contributed by atoms with Gasteiger partial charge in [-0.15, -0.1) is 0 Å². The van der Waals surface area contributed by atoms with E-state index in [-0.39, 0.29) is 5.41 Å². The lowest BCUT2D eigenvalue weighted by Gasteiger charge is -2.31. The molecule has 234 valence electrons. The second kappa shape index (κ2) is 10.4. The van der Waals surface area contributed by atoms with Crippen LogP contribution in [-0.4, -0.2) is 4.57 Å². The van der Waals surface area contributed by atoms with E-state index < -0.39 is 0 Å². The number of rotatable bonds is 4. The van der Waals surface area contributed by atoms with Crippen LogP contribution < -0.4 is 14.4 Å². The van der Waals surface area contributed by atoms with Crippen molar-refractivity contribution in [3.63, 3.8) is 0 Å². The van der Waals surface area contributed by atoms with Crippen molar-refractivity contribution in [2.24, 2.45) is 0 Å². The Labute approximate surface area is 285 Å². The highest BCUT2D eigenvalue weighted by atomic mass is 16.6. The molecule has 0 spiro atoms. The van der Waals surface area contributed by atoms with Crippen molar-refractivity contribution in [3.8, 4) is 39.8 Å². The molecule has 2 heterocycles. The van der Waals surface area contributed by atoms with Gasteiger partial charge in [0.1, 0.15) is 0 Å². The van der Waals surface area contributed by atoms with Gasteiger partial charge in [-0.3, -0.25) is 0 Å². The van der Waals surface area contributed by atoms with E-state index in [2.05, 4.69) is 145 Å². The van der Waals surface area contributed by atoms with Crippen LogP contribution >= 0.6 is 0 Å². The molecule has 1 aliphatic heterocycles. The van der Waals surface area contributed by atoms with Gasteiger partial charge in [0.25, 0.3) is 0 Å². The smallest absolute Gasteiger partial charge is 0.194 e. The van der Waals surface area contributed by atoms with Crippen molar-refractivity contribution in [1.29, 1.82) is 0 Å². The zero-order valence-electron chi connectivity index (χ0n) is 27.2. The summed E-state index contributed by atoms with van der Waals surface area (Å²) >= 11 is 0. The van der Waals surface area contributed by atoms with E-state index in [1.165, 1.54) is 38.5 Å². The van der Waals surface area contributed by atoms with E-state index in [1.54, 1.807) is 0 Å². The van der Waals surface area contributed by atoms with Gasteiger partial charge in [0.15, 0.2) is 23.0 Å². The molecule has 0 unspecified atom stereocenters. The Bertz CT molecular complexity index is 2600. The fourth-order valence-corrected chi connectivity index (χ4v) is 7.92. The number of ether oxygens (including phenoxy) is 2. The summed E-state index contributed by atoms with van der Waals surface area (Å²) in [6, 6.07) is 55.7. The lowest BCUT2D eigenvalue weighted by atomic mass is 9.82. The summed E-state index contributed by atoms with van der Waals surface area (Å²) in [7, 11) is 0. The first-order valence-electron chi connectivity index (χ1n) is 16.8. The molecule has 7 aromatic carbocycles. The van der Waals surface area contributed by atoms with Gasteiger partial charge in [-0.25, -0.2) is 0 Å². The minimum atomic E-state index is -0.144. The van der Waals surface area contributed by atoms with Gasteiger partial charge in [0.2, 0.25) is 0 Å². The number of anilines is 3. The predicted octanol–water partition coefficient (Wildman–Crippen LogP) is 12.5. The molecule has 1 aliphatic carbocycles. The van der Waals surface area contributed by atoms with Crippen LogP contribution in [-0.2, 0) is 5.41 Å². The van der Waals surface area contributed by atoms with Crippen molar-refractivity contribution in [3.05, 3.63) is 169 Å². The molecule has 0 saturated carbocycles. The first kappa shape index (κ1) is 27.8. The molecule has 10 rings (SSSR count). The minimum absolute atomic E-state index is 0.144. The Morgan fingerprint density at radius 1 is 0.490 bits per heavy atom. The van der Waals surface area contributed by atoms with Crippen molar-refractivity contribution in [2.45, 2.75) is 19.3 Å². The monoisotopic (exact) mass is 632 g/mol. The Morgan fingerprint density at radius 2 is 1.14 bits per heavy atom. The van der Waals surface area contributed by atoms with Crippen LogP contribution in [0.5, 0.6) is 23.0 Å². The molecular weight excluding hydrogens is 601 g/mol.